The van der Waals surface area contributed by atoms with Crippen LogP contribution < -0.4 is 5.73 Å². The Hall–Kier alpha value is -1.16. The number of carbonyl (C=O) groups is 1. The number of Topliss-reactive ketones (excluding diaryl/α,β-unsaturated/α-hetero) is 1. The number of rotatable bonds is 6. The summed E-state index contributed by atoms with van der Waals surface area (Å²) in [7, 11) is 1.84. The highest BCUT2D eigenvalue weighted by Gasteiger charge is 2.10. The van der Waals surface area contributed by atoms with Crippen molar-refractivity contribution in [1.29, 1.82) is 0 Å². The zero-order valence-electron chi connectivity index (χ0n) is 9.44. The molecule has 4 nitrogen and oxygen atoms in total. The van der Waals surface area contributed by atoms with Gasteiger partial charge in [-0.3, -0.25) is 9.48 Å². The second-order valence-electron chi connectivity index (χ2n) is 3.99. The Kier molecular flexibility index (Phi) is 4.49. The minimum Gasteiger partial charge on any atom is -0.327 e. The van der Waals surface area contributed by atoms with Gasteiger partial charge in [0.25, 0.3) is 0 Å². The summed E-state index contributed by atoms with van der Waals surface area (Å²) in [5.41, 5.74) is 6.77. The van der Waals surface area contributed by atoms with Crippen LogP contribution in [0.3, 0.4) is 0 Å². The molecule has 2 N–H and O–H groups in total. The number of ketones is 1. The molecule has 84 valence electrons. The Morgan fingerprint density at radius 1 is 1.67 bits per heavy atom. The van der Waals surface area contributed by atoms with Crippen molar-refractivity contribution in [1.82, 2.24) is 9.78 Å². The molecule has 1 atom stereocenters. The lowest BCUT2D eigenvalue weighted by atomic mass is 10.0. The lowest BCUT2D eigenvalue weighted by molar-refractivity contribution is -0.118. The van der Waals surface area contributed by atoms with E-state index in [1.165, 1.54) is 0 Å². The van der Waals surface area contributed by atoms with Crippen LogP contribution in [0.2, 0.25) is 0 Å². The first-order valence-electron chi connectivity index (χ1n) is 5.36. The van der Waals surface area contributed by atoms with E-state index >= 15 is 0 Å². The number of nitrogens with two attached hydrogens (primary N) is 1. The molecule has 1 heterocycles. The van der Waals surface area contributed by atoms with Gasteiger partial charge >= 0.3 is 0 Å². The van der Waals surface area contributed by atoms with Gasteiger partial charge in [-0.2, -0.15) is 5.10 Å². The summed E-state index contributed by atoms with van der Waals surface area (Å²) in [5.74, 6) is 0.198. The van der Waals surface area contributed by atoms with Crippen LogP contribution in [0.4, 0.5) is 0 Å². The Balaban J connectivity index is 2.36. The van der Waals surface area contributed by atoms with Crippen molar-refractivity contribution in [2.75, 3.05) is 0 Å². The van der Waals surface area contributed by atoms with Gasteiger partial charge in [-0.15, -0.1) is 0 Å². The predicted molar refractivity (Wildman–Crippen MR) is 59.4 cm³/mol. The van der Waals surface area contributed by atoms with Gasteiger partial charge in [0, 0.05) is 32.1 Å². The van der Waals surface area contributed by atoms with Crippen molar-refractivity contribution in [2.45, 2.75) is 38.6 Å². The van der Waals surface area contributed by atoms with Gasteiger partial charge in [-0.1, -0.05) is 13.3 Å². The smallest absolute Gasteiger partial charge is 0.138 e. The van der Waals surface area contributed by atoms with Crippen LogP contribution >= 0.6 is 0 Å². The largest absolute Gasteiger partial charge is 0.327 e. The summed E-state index contributed by atoms with van der Waals surface area (Å²) >= 11 is 0. The molecule has 0 bridgehead atoms. The Morgan fingerprint density at radius 3 is 2.93 bits per heavy atom. The zero-order valence-corrected chi connectivity index (χ0v) is 9.44. The van der Waals surface area contributed by atoms with Crippen molar-refractivity contribution in [3.05, 3.63) is 18.0 Å². The molecule has 0 radical (unpaired) electrons. The molecule has 0 aromatic carbocycles. The number of carbonyl (C=O) groups excluding carboxylic acids is 1. The molecular formula is C11H19N3O. The maximum absolute atomic E-state index is 11.6. The first-order chi connectivity index (χ1) is 7.11. The second-order valence-corrected chi connectivity index (χ2v) is 3.99. The Morgan fingerprint density at radius 2 is 2.40 bits per heavy atom. The van der Waals surface area contributed by atoms with E-state index in [2.05, 4.69) is 12.0 Å². The van der Waals surface area contributed by atoms with Gasteiger partial charge in [-0.25, -0.2) is 0 Å². The zero-order chi connectivity index (χ0) is 11.3. The van der Waals surface area contributed by atoms with Gasteiger partial charge in [0.1, 0.15) is 5.78 Å². The molecule has 1 rings (SSSR count). The summed E-state index contributed by atoms with van der Waals surface area (Å²) < 4.78 is 1.70. The number of aryl methyl sites for hydroxylation is 1. The molecule has 0 aliphatic carbocycles. The maximum atomic E-state index is 11.6. The van der Waals surface area contributed by atoms with Gasteiger partial charge in [0.2, 0.25) is 0 Å². The highest BCUT2D eigenvalue weighted by Crippen LogP contribution is 2.04. The topological polar surface area (TPSA) is 60.9 Å². The average molecular weight is 209 g/mol. The van der Waals surface area contributed by atoms with Crippen LogP contribution in [0.15, 0.2) is 12.4 Å². The summed E-state index contributed by atoms with van der Waals surface area (Å²) in [4.78, 5) is 11.6. The molecule has 0 aliphatic heterocycles. The summed E-state index contributed by atoms with van der Waals surface area (Å²) in [5, 5.41) is 4.02. The second kappa shape index (κ2) is 5.66. The third-order valence-electron chi connectivity index (χ3n) is 2.31. The first-order valence-corrected chi connectivity index (χ1v) is 5.36. The van der Waals surface area contributed by atoms with Crippen molar-refractivity contribution in [3.63, 3.8) is 0 Å². The Labute approximate surface area is 90.5 Å². The lowest BCUT2D eigenvalue weighted by Crippen LogP contribution is -2.24. The number of hydrogen-bond donors (Lipinski definition) is 1. The van der Waals surface area contributed by atoms with Gasteiger partial charge in [0.15, 0.2) is 0 Å². The fourth-order valence-electron chi connectivity index (χ4n) is 1.63. The molecule has 1 unspecified atom stereocenters. The summed E-state index contributed by atoms with van der Waals surface area (Å²) in [6, 6.07) is 0.0131. The molecule has 1 aromatic rings. The van der Waals surface area contributed by atoms with Crippen molar-refractivity contribution >= 4 is 5.78 Å². The van der Waals surface area contributed by atoms with Gasteiger partial charge < -0.3 is 5.73 Å². The lowest BCUT2D eigenvalue weighted by Gasteiger charge is -2.07. The van der Waals surface area contributed by atoms with E-state index < -0.39 is 0 Å². The molecule has 0 amide bonds. The maximum Gasteiger partial charge on any atom is 0.138 e. The van der Waals surface area contributed by atoms with Gasteiger partial charge in [-0.05, 0) is 12.0 Å². The van der Waals surface area contributed by atoms with E-state index in [4.69, 9.17) is 5.73 Å². The standard InChI is InChI=1S/C11H19N3O/c1-3-4-10(12)6-11(15)5-9-7-13-14(2)8-9/h7-8,10H,3-6,12H2,1-2H3. The molecule has 0 saturated carbocycles. The molecule has 1 aromatic heterocycles. The van der Waals surface area contributed by atoms with Crippen LogP contribution in [-0.4, -0.2) is 21.6 Å². The van der Waals surface area contributed by atoms with Crippen LogP contribution in [0.1, 0.15) is 31.7 Å². The van der Waals surface area contributed by atoms with Gasteiger partial charge in [0.05, 0.1) is 6.20 Å². The van der Waals surface area contributed by atoms with E-state index in [0.29, 0.717) is 12.8 Å². The van der Waals surface area contributed by atoms with Crippen molar-refractivity contribution < 1.29 is 4.79 Å². The minimum absolute atomic E-state index is 0.0131. The van der Waals surface area contributed by atoms with E-state index in [1.807, 2.05) is 13.2 Å². The normalized spacial score (nSPS) is 12.7. The minimum atomic E-state index is 0.0131. The molecule has 4 heteroatoms. The number of aromatic nitrogens is 2. The SMILES string of the molecule is CCCC(N)CC(=O)Cc1cnn(C)c1. The monoisotopic (exact) mass is 209 g/mol. The molecule has 15 heavy (non-hydrogen) atoms. The van der Waals surface area contributed by atoms with E-state index in [0.717, 1.165) is 18.4 Å². The van der Waals surface area contributed by atoms with E-state index in [9.17, 15) is 4.79 Å². The summed E-state index contributed by atoms with van der Waals surface area (Å²) in [6.07, 6.45) is 6.46. The number of nitrogens with zero attached hydrogens (tertiary/aromatic N) is 2. The third kappa shape index (κ3) is 4.25. The van der Waals surface area contributed by atoms with E-state index in [1.54, 1.807) is 10.9 Å². The third-order valence-corrected chi connectivity index (χ3v) is 2.31. The van der Waals surface area contributed by atoms with Crippen molar-refractivity contribution in [3.8, 4) is 0 Å². The predicted octanol–water partition coefficient (Wildman–Crippen LogP) is 1.05. The first kappa shape index (κ1) is 11.9. The average Bonchev–Trinajstić information content (AvgIpc) is 2.51. The summed E-state index contributed by atoms with van der Waals surface area (Å²) in [6.45, 7) is 2.07. The van der Waals surface area contributed by atoms with Crippen LogP contribution in [-0.2, 0) is 18.3 Å². The molecule has 0 aliphatic rings. The molecule has 0 fully saturated rings. The fourth-order valence-corrected chi connectivity index (χ4v) is 1.63. The quantitative estimate of drug-likeness (QED) is 0.761. The Bertz CT molecular complexity index is 319. The van der Waals surface area contributed by atoms with Crippen LogP contribution in [0.5, 0.6) is 0 Å². The highest BCUT2D eigenvalue weighted by atomic mass is 16.1. The van der Waals surface area contributed by atoms with Crippen LogP contribution in [0, 0.1) is 0 Å². The fraction of sp³-hybridized carbons (Fsp3) is 0.636. The molecule has 0 spiro atoms. The van der Waals surface area contributed by atoms with Crippen LogP contribution in [0.25, 0.3) is 0 Å². The van der Waals surface area contributed by atoms with E-state index in [-0.39, 0.29) is 11.8 Å². The van der Waals surface area contributed by atoms with Crippen molar-refractivity contribution in [2.24, 2.45) is 12.8 Å². The number of hydrogen-bond acceptors (Lipinski definition) is 3. The highest BCUT2D eigenvalue weighted by molar-refractivity contribution is 5.81. The molecule has 0 saturated heterocycles. The molecular weight excluding hydrogens is 190 g/mol.